The van der Waals surface area contributed by atoms with Crippen molar-refractivity contribution in [1.29, 1.82) is 0 Å². The SMILES string of the molecule is C=CC(F)=CC. The van der Waals surface area contributed by atoms with Crippen LogP contribution in [-0.4, -0.2) is 0 Å². The zero-order valence-electron chi connectivity index (χ0n) is 3.74. The smallest absolute Gasteiger partial charge is 0.118 e. The van der Waals surface area contributed by atoms with E-state index < -0.39 is 0 Å². The molecule has 0 aromatic heterocycles. The summed E-state index contributed by atoms with van der Waals surface area (Å²) in [6, 6.07) is 0. The lowest BCUT2D eigenvalue weighted by Gasteiger charge is -1.72. The molecule has 0 unspecified atom stereocenters. The largest absolute Gasteiger partial charge is 0.207 e. The van der Waals surface area contributed by atoms with Crippen molar-refractivity contribution in [2.75, 3.05) is 0 Å². The van der Waals surface area contributed by atoms with E-state index in [1.54, 1.807) is 6.92 Å². The van der Waals surface area contributed by atoms with Gasteiger partial charge in [0.15, 0.2) is 0 Å². The van der Waals surface area contributed by atoms with Crippen LogP contribution in [0.25, 0.3) is 0 Å². The molecular formula is C5H7F. The first kappa shape index (κ1) is 5.41. The molecule has 0 saturated carbocycles. The van der Waals surface area contributed by atoms with Gasteiger partial charge >= 0.3 is 0 Å². The highest BCUT2D eigenvalue weighted by Crippen LogP contribution is 1.92. The maximum Gasteiger partial charge on any atom is 0.118 e. The Morgan fingerprint density at radius 3 is 2.33 bits per heavy atom. The van der Waals surface area contributed by atoms with E-state index in [0.717, 1.165) is 0 Å². The maximum absolute atomic E-state index is 11.6. The molecule has 0 nitrogen and oxygen atoms in total. The lowest BCUT2D eigenvalue weighted by Crippen LogP contribution is -1.53. The summed E-state index contributed by atoms with van der Waals surface area (Å²) in [6.45, 7) is 4.81. The lowest BCUT2D eigenvalue weighted by molar-refractivity contribution is 0.665. The highest BCUT2D eigenvalue weighted by molar-refractivity contribution is 5.04. The Kier molecular flexibility index (Phi) is 2.38. The summed E-state index contributed by atoms with van der Waals surface area (Å²) in [5, 5.41) is 0. The summed E-state index contributed by atoms with van der Waals surface area (Å²) >= 11 is 0. The fraction of sp³-hybridized carbons (Fsp3) is 0.200. The van der Waals surface area contributed by atoms with Crippen LogP contribution in [0.2, 0.25) is 0 Å². The van der Waals surface area contributed by atoms with Gasteiger partial charge < -0.3 is 0 Å². The van der Waals surface area contributed by atoms with Gasteiger partial charge in [0.05, 0.1) is 0 Å². The zero-order valence-corrected chi connectivity index (χ0v) is 3.74. The standard InChI is InChI=1S/C5H7F/c1-3-5(6)4-2/h3-4H,1H2,2H3. The molecule has 0 saturated heterocycles. The quantitative estimate of drug-likeness (QED) is 0.428. The van der Waals surface area contributed by atoms with Gasteiger partial charge in [0.2, 0.25) is 0 Å². The fourth-order valence-electron chi connectivity index (χ4n) is 0.118. The number of allylic oxidation sites excluding steroid dienone is 3. The molecule has 0 heterocycles. The number of hydrogen-bond donors (Lipinski definition) is 0. The van der Waals surface area contributed by atoms with Gasteiger partial charge in [0, 0.05) is 0 Å². The van der Waals surface area contributed by atoms with Crippen LogP contribution >= 0.6 is 0 Å². The van der Waals surface area contributed by atoms with E-state index in [9.17, 15) is 4.39 Å². The number of rotatable bonds is 1. The summed E-state index contributed by atoms with van der Waals surface area (Å²) in [5.41, 5.74) is 0. The minimum absolute atomic E-state index is 0.269. The first-order chi connectivity index (χ1) is 2.81. The van der Waals surface area contributed by atoms with E-state index in [1.165, 1.54) is 12.2 Å². The monoisotopic (exact) mass is 86.1 g/mol. The van der Waals surface area contributed by atoms with Gasteiger partial charge in [0.1, 0.15) is 5.83 Å². The molecule has 0 aromatic rings. The molecular weight excluding hydrogens is 79.1 g/mol. The molecule has 0 aliphatic carbocycles. The molecule has 0 fully saturated rings. The summed E-state index contributed by atoms with van der Waals surface area (Å²) in [5.74, 6) is -0.269. The van der Waals surface area contributed by atoms with E-state index >= 15 is 0 Å². The molecule has 0 radical (unpaired) electrons. The third-order valence-electron chi connectivity index (χ3n) is 0.471. The van der Waals surface area contributed by atoms with E-state index in [-0.39, 0.29) is 5.83 Å². The molecule has 0 amide bonds. The summed E-state index contributed by atoms with van der Waals surface area (Å²) in [4.78, 5) is 0. The van der Waals surface area contributed by atoms with Gasteiger partial charge in [-0.25, -0.2) is 4.39 Å². The van der Waals surface area contributed by atoms with Crippen molar-refractivity contribution >= 4 is 0 Å². The van der Waals surface area contributed by atoms with Crippen LogP contribution in [0.3, 0.4) is 0 Å². The predicted octanol–water partition coefficient (Wildman–Crippen LogP) is 2.05. The Balaban J connectivity index is 3.50. The van der Waals surface area contributed by atoms with Gasteiger partial charge in [-0.05, 0) is 13.0 Å². The fourth-order valence-corrected chi connectivity index (χ4v) is 0.118. The Labute approximate surface area is 37.0 Å². The van der Waals surface area contributed by atoms with Gasteiger partial charge in [0.25, 0.3) is 0 Å². The molecule has 1 heteroatoms. The normalized spacial score (nSPS) is 11.3. The van der Waals surface area contributed by atoms with Crippen LogP contribution in [0.1, 0.15) is 6.92 Å². The van der Waals surface area contributed by atoms with Crippen molar-refractivity contribution in [3.8, 4) is 0 Å². The first-order valence-corrected chi connectivity index (χ1v) is 1.75. The summed E-state index contributed by atoms with van der Waals surface area (Å²) in [6.07, 6.45) is 2.52. The lowest BCUT2D eigenvalue weighted by atomic mass is 10.5. The number of halogens is 1. The third-order valence-corrected chi connectivity index (χ3v) is 0.471. The average molecular weight is 86.1 g/mol. The Morgan fingerprint density at radius 1 is 1.83 bits per heavy atom. The topological polar surface area (TPSA) is 0 Å². The Morgan fingerprint density at radius 2 is 2.33 bits per heavy atom. The molecule has 0 aromatic carbocycles. The van der Waals surface area contributed by atoms with Crippen molar-refractivity contribution in [3.63, 3.8) is 0 Å². The van der Waals surface area contributed by atoms with E-state index in [4.69, 9.17) is 0 Å². The van der Waals surface area contributed by atoms with Crippen molar-refractivity contribution in [2.24, 2.45) is 0 Å². The Hall–Kier alpha value is -0.590. The molecule has 0 spiro atoms. The first-order valence-electron chi connectivity index (χ1n) is 1.75. The second-order valence-corrected chi connectivity index (χ2v) is 0.878. The van der Waals surface area contributed by atoms with Gasteiger partial charge in [-0.15, -0.1) is 0 Å². The second-order valence-electron chi connectivity index (χ2n) is 0.878. The van der Waals surface area contributed by atoms with Crippen molar-refractivity contribution < 1.29 is 4.39 Å². The molecule has 34 valence electrons. The maximum atomic E-state index is 11.6. The average Bonchev–Trinajstić information content (AvgIpc) is 1.65. The highest BCUT2D eigenvalue weighted by Gasteiger charge is 1.73. The van der Waals surface area contributed by atoms with Crippen LogP contribution < -0.4 is 0 Å². The van der Waals surface area contributed by atoms with Crippen LogP contribution in [0.5, 0.6) is 0 Å². The van der Waals surface area contributed by atoms with Gasteiger partial charge in [-0.1, -0.05) is 12.7 Å². The molecule has 0 rings (SSSR count). The molecule has 0 bridgehead atoms. The van der Waals surface area contributed by atoms with Crippen LogP contribution in [-0.2, 0) is 0 Å². The van der Waals surface area contributed by atoms with Gasteiger partial charge in [-0.2, -0.15) is 0 Å². The molecule has 0 N–H and O–H groups in total. The van der Waals surface area contributed by atoms with Gasteiger partial charge in [-0.3, -0.25) is 0 Å². The van der Waals surface area contributed by atoms with Crippen molar-refractivity contribution in [3.05, 3.63) is 24.6 Å². The number of hydrogen-bond acceptors (Lipinski definition) is 0. The van der Waals surface area contributed by atoms with Crippen molar-refractivity contribution in [2.45, 2.75) is 6.92 Å². The highest BCUT2D eigenvalue weighted by atomic mass is 19.1. The molecule has 0 aliphatic heterocycles. The summed E-state index contributed by atoms with van der Waals surface area (Å²) in [7, 11) is 0. The summed E-state index contributed by atoms with van der Waals surface area (Å²) < 4.78 is 11.6. The van der Waals surface area contributed by atoms with Crippen LogP contribution in [0.4, 0.5) is 4.39 Å². The molecule has 0 atom stereocenters. The van der Waals surface area contributed by atoms with E-state index in [0.29, 0.717) is 0 Å². The van der Waals surface area contributed by atoms with Crippen LogP contribution in [0.15, 0.2) is 24.6 Å². The minimum Gasteiger partial charge on any atom is -0.207 e. The van der Waals surface area contributed by atoms with E-state index in [2.05, 4.69) is 6.58 Å². The third kappa shape index (κ3) is 1.70. The minimum atomic E-state index is -0.269. The predicted molar refractivity (Wildman–Crippen MR) is 25.1 cm³/mol. The zero-order chi connectivity index (χ0) is 4.99. The second kappa shape index (κ2) is 2.64. The molecule has 0 aliphatic rings. The van der Waals surface area contributed by atoms with Crippen molar-refractivity contribution in [1.82, 2.24) is 0 Å². The van der Waals surface area contributed by atoms with Crippen LogP contribution in [0, 0.1) is 0 Å². The molecule has 6 heavy (non-hydrogen) atoms. The van der Waals surface area contributed by atoms with E-state index in [1.807, 2.05) is 0 Å². The Bertz CT molecular complexity index is 72.0.